The Morgan fingerprint density at radius 1 is 0.640 bits per heavy atom. The normalized spacial score (nSPS) is 12.3. The zero-order chi connectivity index (χ0) is 18.5. The maximum absolute atomic E-state index is 10.9. The molecule has 0 aliphatic heterocycles. The Morgan fingerprint density at radius 2 is 0.920 bits per heavy atom. The largest absolute Gasteiger partial charge is 1.00 e. The van der Waals surface area contributed by atoms with Crippen LogP contribution in [-0.2, 0) is 20.2 Å². The van der Waals surface area contributed by atoms with E-state index in [1.165, 1.54) is 51.4 Å². The minimum Gasteiger partial charge on any atom is -1.00 e. The van der Waals surface area contributed by atoms with E-state index in [1.807, 2.05) is 0 Å². The van der Waals surface area contributed by atoms with Crippen molar-refractivity contribution in [2.24, 2.45) is 0 Å². The molecule has 0 heterocycles. The average molecular weight is 411 g/mol. The number of rotatable bonds is 16. The van der Waals surface area contributed by atoms with Crippen LogP contribution >= 0.6 is 0 Å². The Hall–Kier alpha value is 0.820. The van der Waals surface area contributed by atoms with Crippen LogP contribution in [0.2, 0.25) is 0 Å². The van der Waals surface area contributed by atoms with Gasteiger partial charge in [-0.15, -0.1) is 0 Å². The first-order chi connectivity index (χ1) is 11.2. The molecule has 2 N–H and O–H groups in total. The average Bonchev–Trinajstić information content (AvgIpc) is 2.45. The van der Waals surface area contributed by atoms with Gasteiger partial charge in [0.25, 0.3) is 20.2 Å². The van der Waals surface area contributed by atoms with Crippen LogP contribution in [0, 0.1) is 0 Å². The van der Waals surface area contributed by atoms with Crippen LogP contribution in [-0.4, -0.2) is 30.5 Å². The third-order valence-electron chi connectivity index (χ3n) is 4.21. The van der Waals surface area contributed by atoms with Crippen LogP contribution in [0.4, 0.5) is 0 Å². The molecule has 0 amide bonds. The first-order valence-electron chi connectivity index (χ1n) is 9.12. The van der Waals surface area contributed by atoms with E-state index in [4.69, 9.17) is 9.11 Å². The number of unbranched alkanes of at least 4 members (excludes halogenated alkanes) is 12. The van der Waals surface area contributed by atoms with Gasteiger partial charge >= 0.3 is 29.6 Å². The molecule has 0 saturated heterocycles. The standard InChI is InChI=1S/C16H34O6S2.Na.H/c1-2-3-4-5-6-7-8-9-10-11-12-13-14-15-16(23(17,18)19)24(20,21)22;;/h16H,2-15H2,1H3,(H,17,18,19)(H,20,21,22);;/q;+1;-1. The van der Waals surface area contributed by atoms with Crippen LogP contribution in [0.5, 0.6) is 0 Å². The predicted molar refractivity (Wildman–Crippen MR) is 98.3 cm³/mol. The Bertz CT molecular complexity index is 479. The van der Waals surface area contributed by atoms with Gasteiger partial charge in [0.15, 0.2) is 0 Å². The molecular weight excluding hydrogens is 375 g/mol. The van der Waals surface area contributed by atoms with Gasteiger partial charge in [0.1, 0.15) is 0 Å². The molecule has 0 aromatic rings. The second-order valence-corrected chi connectivity index (χ2v) is 9.99. The summed E-state index contributed by atoms with van der Waals surface area (Å²) in [6, 6.07) is 0. The van der Waals surface area contributed by atoms with Crippen LogP contribution in [0.15, 0.2) is 0 Å². The molecule has 0 unspecified atom stereocenters. The quantitative estimate of drug-likeness (QED) is 0.228. The van der Waals surface area contributed by atoms with Crippen molar-refractivity contribution in [3.8, 4) is 0 Å². The Morgan fingerprint density at radius 3 is 1.20 bits per heavy atom. The first-order valence-corrected chi connectivity index (χ1v) is 12.1. The summed E-state index contributed by atoms with van der Waals surface area (Å²) in [6.07, 6.45) is 14.2. The molecule has 0 spiro atoms. The molecule has 0 radical (unpaired) electrons. The van der Waals surface area contributed by atoms with Crippen molar-refractivity contribution >= 4 is 20.2 Å². The molecular formula is C16H35NaO6S2. The van der Waals surface area contributed by atoms with Gasteiger partial charge in [0.05, 0.1) is 0 Å². The fraction of sp³-hybridized carbons (Fsp3) is 1.00. The third kappa shape index (κ3) is 16.7. The fourth-order valence-electron chi connectivity index (χ4n) is 2.78. The van der Waals surface area contributed by atoms with Crippen molar-refractivity contribution in [2.75, 3.05) is 0 Å². The van der Waals surface area contributed by atoms with E-state index in [0.29, 0.717) is 12.8 Å². The summed E-state index contributed by atoms with van der Waals surface area (Å²) in [7, 11) is -9.55. The van der Waals surface area contributed by atoms with E-state index in [1.54, 1.807) is 0 Å². The smallest absolute Gasteiger partial charge is 1.00 e. The summed E-state index contributed by atoms with van der Waals surface area (Å²) in [5.74, 6) is 0. The van der Waals surface area contributed by atoms with Crippen molar-refractivity contribution in [3.63, 3.8) is 0 Å². The Labute approximate surface area is 177 Å². The minimum absolute atomic E-state index is 0. The Kier molecular flexibility index (Phi) is 17.8. The number of hydrogen-bond acceptors (Lipinski definition) is 4. The van der Waals surface area contributed by atoms with Crippen molar-refractivity contribution in [1.29, 1.82) is 0 Å². The van der Waals surface area contributed by atoms with E-state index in [-0.39, 0.29) is 37.4 Å². The van der Waals surface area contributed by atoms with Crippen LogP contribution in [0.3, 0.4) is 0 Å². The topological polar surface area (TPSA) is 109 Å². The molecule has 0 aromatic heterocycles. The molecule has 0 bridgehead atoms. The zero-order valence-corrected chi connectivity index (χ0v) is 19.5. The molecule has 0 aliphatic rings. The fourth-order valence-corrected chi connectivity index (χ4v) is 4.94. The molecule has 0 aromatic carbocycles. The third-order valence-corrected chi connectivity index (χ3v) is 7.47. The summed E-state index contributed by atoms with van der Waals surface area (Å²) >= 11 is 0. The maximum atomic E-state index is 10.9. The first kappa shape index (κ1) is 28.0. The molecule has 25 heavy (non-hydrogen) atoms. The van der Waals surface area contributed by atoms with Gasteiger partial charge in [-0.25, -0.2) is 0 Å². The molecule has 9 heteroatoms. The van der Waals surface area contributed by atoms with E-state index in [9.17, 15) is 16.8 Å². The van der Waals surface area contributed by atoms with Crippen molar-refractivity contribution in [1.82, 2.24) is 0 Å². The predicted octanol–water partition coefficient (Wildman–Crippen LogP) is 1.69. The van der Waals surface area contributed by atoms with Crippen LogP contribution in [0.25, 0.3) is 0 Å². The number of hydrogen-bond donors (Lipinski definition) is 2. The molecule has 0 saturated carbocycles. The summed E-state index contributed by atoms with van der Waals surface area (Å²) in [5.41, 5.74) is 0. The van der Waals surface area contributed by atoms with Gasteiger partial charge in [-0.05, 0) is 6.42 Å². The summed E-state index contributed by atoms with van der Waals surface area (Å²) in [4.78, 5) is 0. The zero-order valence-electron chi connectivity index (χ0n) is 16.8. The van der Waals surface area contributed by atoms with Gasteiger partial charge in [-0.3, -0.25) is 9.11 Å². The monoisotopic (exact) mass is 410 g/mol. The second-order valence-electron chi connectivity index (χ2n) is 6.49. The summed E-state index contributed by atoms with van der Waals surface area (Å²) < 4.78 is 59.3. The summed E-state index contributed by atoms with van der Waals surface area (Å²) in [6.45, 7) is 2.21. The van der Waals surface area contributed by atoms with Crippen molar-refractivity contribution in [3.05, 3.63) is 0 Å². The van der Waals surface area contributed by atoms with E-state index < -0.39 is 24.8 Å². The molecule has 6 nitrogen and oxygen atoms in total. The summed E-state index contributed by atoms with van der Waals surface area (Å²) in [5, 5.41) is 0. The van der Waals surface area contributed by atoms with E-state index in [0.717, 1.165) is 19.3 Å². The molecule has 148 valence electrons. The minimum atomic E-state index is -4.78. The second kappa shape index (κ2) is 15.8. The SMILES string of the molecule is CCCCCCCCCCCCCCCC(S(=O)(=O)O)S(=O)(=O)O.[H-].[Na+]. The van der Waals surface area contributed by atoms with Crippen LogP contribution < -0.4 is 29.6 Å². The van der Waals surface area contributed by atoms with Crippen molar-refractivity contribution < 1.29 is 56.9 Å². The van der Waals surface area contributed by atoms with Gasteiger partial charge in [-0.1, -0.05) is 90.4 Å². The van der Waals surface area contributed by atoms with Gasteiger partial charge in [0.2, 0.25) is 4.58 Å². The van der Waals surface area contributed by atoms with E-state index >= 15 is 0 Å². The van der Waals surface area contributed by atoms with Gasteiger partial charge in [0, 0.05) is 0 Å². The van der Waals surface area contributed by atoms with E-state index in [2.05, 4.69) is 6.92 Å². The maximum Gasteiger partial charge on any atom is 1.00 e. The molecule has 0 rings (SSSR count). The van der Waals surface area contributed by atoms with Gasteiger partial charge < -0.3 is 1.43 Å². The Balaban J connectivity index is -0.00000264. The van der Waals surface area contributed by atoms with Gasteiger partial charge in [-0.2, -0.15) is 16.8 Å². The van der Waals surface area contributed by atoms with Crippen molar-refractivity contribution in [2.45, 2.75) is 101 Å². The molecule has 0 fully saturated rings. The molecule has 0 aliphatic carbocycles. The van der Waals surface area contributed by atoms with Crippen LogP contribution in [0.1, 0.15) is 98.2 Å². The molecule has 0 atom stereocenters.